The van der Waals surface area contributed by atoms with Crippen LogP contribution in [0.5, 0.6) is 0 Å². The highest BCUT2D eigenvalue weighted by molar-refractivity contribution is 7.99. The maximum atomic E-state index is 12.5. The van der Waals surface area contributed by atoms with E-state index in [2.05, 4.69) is 9.72 Å². The largest absolute Gasteiger partial charge is 0.463 e. The molecule has 18 heavy (non-hydrogen) atoms. The van der Waals surface area contributed by atoms with Gasteiger partial charge in [0.25, 0.3) is 5.22 Å². The molecule has 0 radical (unpaired) electrons. The van der Waals surface area contributed by atoms with Gasteiger partial charge in [0, 0.05) is 12.2 Å². The Kier molecular flexibility index (Phi) is 5.26. The number of halogens is 3. The molecule has 100 valence electrons. The van der Waals surface area contributed by atoms with Crippen molar-refractivity contribution in [1.29, 1.82) is 0 Å². The molecule has 8 heteroatoms. The first kappa shape index (κ1) is 14.6. The Hall–Kier alpha value is -1.44. The van der Waals surface area contributed by atoms with Crippen molar-refractivity contribution >= 4 is 17.7 Å². The fraction of sp³-hybridized carbons (Fsp3) is 0.400. The summed E-state index contributed by atoms with van der Waals surface area (Å²) in [5, 5.41) is 0.111. The van der Waals surface area contributed by atoms with E-state index in [1.165, 1.54) is 7.11 Å². The van der Waals surface area contributed by atoms with Crippen LogP contribution in [0, 0.1) is 6.92 Å². The summed E-state index contributed by atoms with van der Waals surface area (Å²) in [6.45, 7) is 1.54. The number of aryl methyl sites for hydroxylation is 1. The van der Waals surface area contributed by atoms with Crippen LogP contribution in [0.1, 0.15) is 22.7 Å². The number of nitrogens with zero attached hydrogens (tertiary/aromatic N) is 1. The number of esters is 1. The SMILES string of the molecule is COC(=O)c1oc(SCCC(F)=C(F)F)nc1C. The molecule has 0 aliphatic carbocycles. The van der Waals surface area contributed by atoms with Crippen molar-refractivity contribution in [3.63, 3.8) is 0 Å². The van der Waals surface area contributed by atoms with Crippen molar-refractivity contribution < 1.29 is 27.1 Å². The molecule has 0 aromatic carbocycles. The van der Waals surface area contributed by atoms with Crippen LogP contribution < -0.4 is 0 Å². The number of carbonyl (C=O) groups excluding carboxylic acids is 1. The molecule has 0 bridgehead atoms. The molecule has 0 aliphatic rings. The van der Waals surface area contributed by atoms with E-state index in [0.717, 1.165) is 11.8 Å². The number of hydrogen-bond acceptors (Lipinski definition) is 5. The molecular formula is C10H10F3NO3S. The van der Waals surface area contributed by atoms with E-state index < -0.39 is 24.3 Å². The third-order valence-electron chi connectivity index (χ3n) is 1.90. The molecule has 0 atom stereocenters. The first-order valence-corrected chi connectivity index (χ1v) is 5.82. The van der Waals surface area contributed by atoms with Crippen LogP contribution in [0.15, 0.2) is 21.5 Å². The standard InChI is InChI=1S/C10H10F3NO3S/c1-5-7(9(15)16-2)17-10(14-5)18-4-3-6(11)8(12)13/h3-4H2,1-2H3. The molecule has 0 fully saturated rings. The quantitative estimate of drug-likeness (QED) is 0.612. The van der Waals surface area contributed by atoms with Crippen LogP contribution in [0.2, 0.25) is 0 Å². The lowest BCUT2D eigenvalue weighted by Gasteiger charge is -1.95. The Labute approximate surface area is 105 Å². The number of carbonyl (C=O) groups is 1. The van der Waals surface area contributed by atoms with Gasteiger partial charge in [0.1, 0.15) is 0 Å². The fourth-order valence-electron chi connectivity index (χ4n) is 1.04. The van der Waals surface area contributed by atoms with Crippen LogP contribution in [0.3, 0.4) is 0 Å². The van der Waals surface area contributed by atoms with Gasteiger partial charge < -0.3 is 9.15 Å². The minimum Gasteiger partial charge on any atom is -0.463 e. The highest BCUT2D eigenvalue weighted by Crippen LogP contribution is 2.24. The van der Waals surface area contributed by atoms with Gasteiger partial charge in [-0.25, -0.2) is 14.2 Å². The van der Waals surface area contributed by atoms with Crippen molar-refractivity contribution in [2.45, 2.75) is 18.6 Å². The topological polar surface area (TPSA) is 52.3 Å². The lowest BCUT2D eigenvalue weighted by Crippen LogP contribution is -2.00. The Morgan fingerprint density at radius 3 is 2.67 bits per heavy atom. The first-order valence-electron chi connectivity index (χ1n) is 4.84. The molecule has 1 aromatic heterocycles. The molecular weight excluding hydrogens is 271 g/mol. The third-order valence-corrected chi connectivity index (χ3v) is 2.73. The Morgan fingerprint density at radius 1 is 1.44 bits per heavy atom. The molecule has 0 amide bonds. The summed E-state index contributed by atoms with van der Waals surface area (Å²) >= 11 is 0.936. The highest BCUT2D eigenvalue weighted by Gasteiger charge is 2.18. The van der Waals surface area contributed by atoms with Gasteiger partial charge in [-0.15, -0.1) is 0 Å². The second kappa shape index (κ2) is 6.48. The maximum Gasteiger partial charge on any atom is 0.376 e. The summed E-state index contributed by atoms with van der Waals surface area (Å²) in [6, 6.07) is 0. The van der Waals surface area contributed by atoms with Crippen LogP contribution in [0.25, 0.3) is 0 Å². The minimum absolute atomic E-state index is 0.0315. The van der Waals surface area contributed by atoms with Crippen LogP contribution >= 0.6 is 11.8 Å². The number of ether oxygens (including phenoxy) is 1. The number of allylic oxidation sites excluding steroid dienone is 1. The second-order valence-electron chi connectivity index (χ2n) is 3.15. The smallest absolute Gasteiger partial charge is 0.376 e. The van der Waals surface area contributed by atoms with E-state index in [0.29, 0.717) is 5.69 Å². The number of methoxy groups -OCH3 is 1. The monoisotopic (exact) mass is 281 g/mol. The molecule has 0 spiro atoms. The highest BCUT2D eigenvalue weighted by atomic mass is 32.2. The summed E-state index contributed by atoms with van der Waals surface area (Å²) in [4.78, 5) is 15.1. The molecule has 1 heterocycles. The fourth-order valence-corrected chi connectivity index (χ4v) is 1.84. The lowest BCUT2D eigenvalue weighted by molar-refractivity contribution is 0.0558. The number of rotatable bonds is 5. The van der Waals surface area contributed by atoms with Gasteiger partial charge in [-0.3, -0.25) is 0 Å². The van der Waals surface area contributed by atoms with Gasteiger partial charge in [-0.2, -0.15) is 8.78 Å². The van der Waals surface area contributed by atoms with Crippen LogP contribution in [-0.4, -0.2) is 23.8 Å². The lowest BCUT2D eigenvalue weighted by atomic mass is 10.4. The van der Waals surface area contributed by atoms with E-state index in [4.69, 9.17) is 4.42 Å². The van der Waals surface area contributed by atoms with E-state index in [1.54, 1.807) is 6.92 Å². The normalized spacial score (nSPS) is 10.3. The van der Waals surface area contributed by atoms with Gasteiger partial charge >= 0.3 is 12.0 Å². The van der Waals surface area contributed by atoms with Crippen molar-refractivity contribution in [1.82, 2.24) is 4.98 Å². The average Bonchev–Trinajstić information content (AvgIpc) is 2.69. The molecule has 1 aromatic rings. The van der Waals surface area contributed by atoms with Crippen LogP contribution in [0.4, 0.5) is 13.2 Å². The molecule has 0 saturated heterocycles. The minimum atomic E-state index is -2.32. The van der Waals surface area contributed by atoms with Gasteiger partial charge in [0.15, 0.2) is 5.83 Å². The summed E-state index contributed by atoms with van der Waals surface area (Å²) in [7, 11) is 1.20. The number of hydrogen-bond donors (Lipinski definition) is 0. The molecule has 0 unspecified atom stereocenters. The van der Waals surface area contributed by atoms with Crippen LogP contribution in [-0.2, 0) is 4.74 Å². The van der Waals surface area contributed by atoms with E-state index in [1.807, 2.05) is 0 Å². The van der Waals surface area contributed by atoms with Gasteiger partial charge in [0.05, 0.1) is 12.8 Å². The number of aromatic nitrogens is 1. The molecule has 0 saturated carbocycles. The third kappa shape index (κ3) is 3.80. The Morgan fingerprint density at radius 2 is 2.11 bits per heavy atom. The van der Waals surface area contributed by atoms with Gasteiger partial charge in [-0.1, -0.05) is 11.8 Å². The first-order chi connectivity index (χ1) is 8.45. The molecule has 0 N–H and O–H groups in total. The predicted octanol–water partition coefficient (Wildman–Crippen LogP) is 3.33. The number of thioether (sulfide) groups is 1. The Balaban J connectivity index is 2.59. The maximum absolute atomic E-state index is 12.5. The summed E-state index contributed by atoms with van der Waals surface area (Å²) < 4.78 is 45.5. The summed E-state index contributed by atoms with van der Waals surface area (Å²) in [5.74, 6) is -2.15. The molecule has 4 nitrogen and oxygen atoms in total. The van der Waals surface area contributed by atoms with Gasteiger partial charge in [-0.05, 0) is 6.92 Å². The van der Waals surface area contributed by atoms with Crippen molar-refractivity contribution in [2.24, 2.45) is 0 Å². The summed E-state index contributed by atoms with van der Waals surface area (Å²) in [5.41, 5.74) is 0.331. The zero-order valence-corrected chi connectivity index (χ0v) is 10.4. The van der Waals surface area contributed by atoms with E-state index >= 15 is 0 Å². The van der Waals surface area contributed by atoms with Crippen molar-refractivity contribution in [3.8, 4) is 0 Å². The zero-order valence-electron chi connectivity index (χ0n) is 9.63. The van der Waals surface area contributed by atoms with E-state index in [9.17, 15) is 18.0 Å². The average molecular weight is 281 g/mol. The molecule has 0 aliphatic heterocycles. The predicted molar refractivity (Wildman–Crippen MR) is 58.3 cm³/mol. The molecule has 1 rings (SSSR count). The van der Waals surface area contributed by atoms with Gasteiger partial charge in [0.2, 0.25) is 5.76 Å². The van der Waals surface area contributed by atoms with Crippen molar-refractivity contribution in [2.75, 3.05) is 12.9 Å². The van der Waals surface area contributed by atoms with E-state index in [-0.39, 0.29) is 16.7 Å². The number of oxazole rings is 1. The zero-order chi connectivity index (χ0) is 13.7. The van der Waals surface area contributed by atoms with Crippen molar-refractivity contribution in [3.05, 3.63) is 23.4 Å². The summed E-state index contributed by atoms with van der Waals surface area (Å²) in [6.07, 6.45) is -2.75. The second-order valence-corrected chi connectivity index (χ2v) is 4.20. The Bertz CT molecular complexity index is 469.